The molecule has 4 rings (SSSR count). The number of rotatable bonds is 7. The first-order valence-corrected chi connectivity index (χ1v) is 14.4. The molecule has 0 unspecified atom stereocenters. The summed E-state index contributed by atoms with van der Waals surface area (Å²) in [5, 5.41) is 13.0. The molecule has 10 nitrogen and oxygen atoms in total. The van der Waals surface area contributed by atoms with Gasteiger partial charge in [0.15, 0.2) is 15.5 Å². The number of amides is 3. The number of alkyl halides is 6. The molecule has 2 aromatic heterocycles. The number of pyridine rings is 1. The number of hydrogen-bond donors (Lipinski definition) is 0. The number of carbonyl (C=O) groups is 2. The van der Waals surface area contributed by atoms with Crippen LogP contribution in [0.4, 0.5) is 36.8 Å². The summed E-state index contributed by atoms with van der Waals surface area (Å²) in [7, 11) is -4.14. The molecule has 0 radical (unpaired) electrons. The number of nitrogens with zero attached hydrogens (tertiary/aromatic N) is 6. The van der Waals surface area contributed by atoms with Crippen LogP contribution >= 0.6 is 0 Å². The zero-order valence-corrected chi connectivity index (χ0v) is 23.9. The number of nitriles is 1. The van der Waals surface area contributed by atoms with Crippen molar-refractivity contribution in [1.82, 2.24) is 19.7 Å². The fraction of sp³-hybridized carbons (Fsp3) is 0.296. The summed E-state index contributed by atoms with van der Waals surface area (Å²) in [6.45, 7) is 2.77. The topological polar surface area (TPSA) is 129 Å². The summed E-state index contributed by atoms with van der Waals surface area (Å²) >= 11 is 0. The summed E-state index contributed by atoms with van der Waals surface area (Å²) < 4.78 is 106. The summed E-state index contributed by atoms with van der Waals surface area (Å²) in [6, 6.07) is 3.76. The highest BCUT2D eigenvalue weighted by molar-refractivity contribution is 7.90. The Morgan fingerprint density at radius 1 is 0.955 bits per heavy atom. The van der Waals surface area contributed by atoms with Crippen molar-refractivity contribution in [2.75, 3.05) is 17.7 Å². The molecule has 0 N–H and O–H groups in total. The molecule has 0 aliphatic carbocycles. The molecule has 0 atom stereocenters. The second-order valence-electron chi connectivity index (χ2n) is 10.2. The number of halogens is 6. The first-order valence-electron chi connectivity index (χ1n) is 12.5. The van der Waals surface area contributed by atoms with E-state index in [0.717, 1.165) is 23.2 Å². The number of carbonyl (C=O) groups excluding carboxylic acids is 2. The molecule has 1 aromatic carbocycles. The molecule has 44 heavy (non-hydrogen) atoms. The normalized spacial score (nSPS) is 15.8. The predicted octanol–water partition coefficient (Wildman–Crippen LogP) is 5.06. The SMILES string of the molecule is CC1(C)C(=O)N(c2cnc(C#N)c(C(F)(F)F)c2)C(=O)N1CC=CCn1cc(-c2ccc(S(C)(=O)=O)c(C(F)(F)F)c2)cn1. The van der Waals surface area contributed by atoms with Crippen molar-refractivity contribution >= 4 is 27.5 Å². The number of hydrogen-bond acceptors (Lipinski definition) is 7. The number of benzene rings is 1. The Labute approximate surface area is 246 Å². The number of aromatic nitrogens is 3. The van der Waals surface area contributed by atoms with Gasteiger partial charge in [0.05, 0.1) is 40.6 Å². The van der Waals surface area contributed by atoms with E-state index in [9.17, 15) is 44.3 Å². The second-order valence-corrected chi connectivity index (χ2v) is 12.2. The van der Waals surface area contributed by atoms with Crippen LogP contribution in [0.15, 0.2) is 59.9 Å². The molecule has 3 amide bonds. The third-order valence-electron chi connectivity index (χ3n) is 6.76. The van der Waals surface area contributed by atoms with Crippen molar-refractivity contribution in [3.8, 4) is 17.2 Å². The van der Waals surface area contributed by atoms with Crippen molar-refractivity contribution in [3.05, 3.63) is 71.8 Å². The lowest BCUT2D eigenvalue weighted by Crippen LogP contribution is -2.44. The molecule has 3 heterocycles. The Morgan fingerprint density at radius 3 is 2.18 bits per heavy atom. The molecule has 3 aromatic rings. The number of imide groups is 1. The van der Waals surface area contributed by atoms with Crippen LogP contribution in [0.5, 0.6) is 0 Å². The van der Waals surface area contributed by atoms with Crippen molar-refractivity contribution < 1.29 is 44.3 Å². The molecular formula is C27H22F6N6O4S. The zero-order chi connectivity index (χ0) is 32.8. The standard InChI is InChI=1S/C27H22F6N6O4S/c1-25(2)23(40)39(18-11-19(26(28,29)30)21(12-34)35-14-18)24(41)38(25)9-5-4-8-37-15-17(13-36-37)16-6-7-22(44(3,42)43)20(10-16)27(31,32)33/h4-7,10-11,13-15H,8-9H2,1-3H3. The molecule has 0 saturated carbocycles. The smallest absolute Gasteiger partial charge is 0.306 e. The largest absolute Gasteiger partial charge is 0.419 e. The van der Waals surface area contributed by atoms with E-state index in [4.69, 9.17) is 5.26 Å². The van der Waals surface area contributed by atoms with E-state index in [2.05, 4.69) is 10.1 Å². The van der Waals surface area contributed by atoms with Crippen molar-refractivity contribution in [1.29, 1.82) is 5.26 Å². The summed E-state index contributed by atoms with van der Waals surface area (Å²) in [4.78, 5) is 30.5. The first kappa shape index (κ1) is 32.2. The van der Waals surface area contributed by atoms with Gasteiger partial charge in [-0.15, -0.1) is 0 Å². The Bertz CT molecular complexity index is 1820. The maximum absolute atomic E-state index is 13.5. The number of urea groups is 1. The van der Waals surface area contributed by atoms with Gasteiger partial charge in [0.25, 0.3) is 5.91 Å². The van der Waals surface area contributed by atoms with Crippen LogP contribution in [0.2, 0.25) is 0 Å². The molecule has 0 spiro atoms. The minimum absolute atomic E-state index is 0.0777. The Hall–Kier alpha value is -4.72. The van der Waals surface area contributed by atoms with E-state index in [1.54, 1.807) is 6.08 Å². The van der Waals surface area contributed by atoms with Crippen LogP contribution in [0, 0.1) is 11.3 Å². The minimum atomic E-state index is -4.95. The highest BCUT2D eigenvalue weighted by Crippen LogP contribution is 2.38. The third kappa shape index (κ3) is 6.16. The third-order valence-corrected chi connectivity index (χ3v) is 7.92. The monoisotopic (exact) mass is 640 g/mol. The van der Waals surface area contributed by atoms with Crippen LogP contribution in [-0.2, 0) is 33.5 Å². The van der Waals surface area contributed by atoms with Gasteiger partial charge in [0.2, 0.25) is 0 Å². The van der Waals surface area contributed by atoms with Gasteiger partial charge in [-0.05, 0) is 37.6 Å². The molecule has 1 aliphatic rings. The Balaban J connectivity index is 1.50. The van der Waals surface area contributed by atoms with E-state index in [-0.39, 0.29) is 24.2 Å². The van der Waals surface area contributed by atoms with Gasteiger partial charge in [-0.25, -0.2) is 23.1 Å². The molecule has 17 heteroatoms. The van der Waals surface area contributed by atoms with Crippen molar-refractivity contribution in [2.45, 2.75) is 43.2 Å². The van der Waals surface area contributed by atoms with Gasteiger partial charge in [0, 0.05) is 24.6 Å². The van der Waals surface area contributed by atoms with Gasteiger partial charge >= 0.3 is 18.4 Å². The fourth-order valence-corrected chi connectivity index (χ4v) is 5.37. The van der Waals surface area contributed by atoms with Gasteiger partial charge in [-0.2, -0.15) is 36.7 Å². The molecule has 1 saturated heterocycles. The van der Waals surface area contributed by atoms with E-state index < -0.39 is 67.1 Å². The van der Waals surface area contributed by atoms with Crippen molar-refractivity contribution in [3.63, 3.8) is 0 Å². The highest BCUT2D eigenvalue weighted by Gasteiger charge is 2.52. The number of allylic oxidation sites excluding steroid dienone is 1. The predicted molar refractivity (Wildman–Crippen MR) is 143 cm³/mol. The van der Waals surface area contributed by atoms with Crippen molar-refractivity contribution in [2.24, 2.45) is 0 Å². The molecular weight excluding hydrogens is 618 g/mol. The lowest BCUT2D eigenvalue weighted by atomic mass is 10.0. The molecule has 1 aliphatic heterocycles. The number of anilines is 1. The van der Waals surface area contributed by atoms with E-state index in [1.165, 1.54) is 49.1 Å². The minimum Gasteiger partial charge on any atom is -0.306 e. The summed E-state index contributed by atoms with van der Waals surface area (Å²) in [5.74, 6) is -0.813. The van der Waals surface area contributed by atoms with Gasteiger partial charge in [0.1, 0.15) is 11.6 Å². The number of sulfone groups is 1. The average Bonchev–Trinajstić information content (AvgIpc) is 3.45. The average molecular weight is 641 g/mol. The maximum atomic E-state index is 13.5. The lowest BCUT2D eigenvalue weighted by Gasteiger charge is -2.26. The van der Waals surface area contributed by atoms with Crippen LogP contribution in [0.25, 0.3) is 11.1 Å². The van der Waals surface area contributed by atoms with E-state index >= 15 is 0 Å². The Morgan fingerprint density at radius 2 is 1.59 bits per heavy atom. The second kappa shape index (κ2) is 11.1. The summed E-state index contributed by atoms with van der Waals surface area (Å²) in [6.07, 6.45) is -2.60. The summed E-state index contributed by atoms with van der Waals surface area (Å²) in [5.41, 5.74) is -5.17. The van der Waals surface area contributed by atoms with Crippen LogP contribution in [-0.4, -0.2) is 58.4 Å². The van der Waals surface area contributed by atoms with Crippen LogP contribution in [0.3, 0.4) is 0 Å². The lowest BCUT2D eigenvalue weighted by molar-refractivity contribution is -0.140. The van der Waals surface area contributed by atoms with E-state index in [0.29, 0.717) is 17.2 Å². The van der Waals surface area contributed by atoms with Crippen LogP contribution < -0.4 is 4.90 Å². The molecule has 1 fully saturated rings. The zero-order valence-electron chi connectivity index (χ0n) is 23.1. The first-order chi connectivity index (χ1) is 20.3. The van der Waals surface area contributed by atoms with Gasteiger partial charge in [-0.1, -0.05) is 18.2 Å². The maximum Gasteiger partial charge on any atom is 0.419 e. The van der Waals surface area contributed by atoms with Gasteiger partial charge in [-0.3, -0.25) is 9.48 Å². The fourth-order valence-electron chi connectivity index (χ4n) is 4.48. The highest BCUT2D eigenvalue weighted by atomic mass is 32.2. The van der Waals surface area contributed by atoms with Gasteiger partial charge < -0.3 is 4.90 Å². The van der Waals surface area contributed by atoms with Crippen LogP contribution in [0.1, 0.15) is 30.7 Å². The molecule has 232 valence electrons. The Kier molecular flexibility index (Phi) is 8.11. The quantitative estimate of drug-likeness (QED) is 0.201. The molecule has 0 bridgehead atoms. The van der Waals surface area contributed by atoms with E-state index in [1.807, 2.05) is 0 Å².